The largest absolute Gasteiger partial charge is 0.439 e. The topological polar surface area (TPSA) is 83.8 Å². The Morgan fingerprint density at radius 2 is 1.63 bits per heavy atom. The number of rotatable bonds is 7. The quantitative estimate of drug-likeness (QED) is 0.170. The van der Waals surface area contributed by atoms with Crippen molar-refractivity contribution in [3.8, 4) is 11.6 Å². The van der Waals surface area contributed by atoms with Crippen molar-refractivity contribution in [2.75, 3.05) is 38.1 Å². The van der Waals surface area contributed by atoms with Gasteiger partial charge in [-0.05, 0) is 66.2 Å². The molecule has 4 heterocycles. The molecule has 0 unspecified atom stereocenters. The van der Waals surface area contributed by atoms with Gasteiger partial charge in [0.1, 0.15) is 11.4 Å². The lowest BCUT2D eigenvalue weighted by Crippen LogP contribution is -2.48. The van der Waals surface area contributed by atoms with Crippen molar-refractivity contribution in [2.45, 2.75) is 6.54 Å². The van der Waals surface area contributed by atoms with Crippen LogP contribution >= 0.6 is 57.2 Å². The van der Waals surface area contributed by atoms with Crippen LogP contribution in [0.15, 0.2) is 85.3 Å². The number of anilines is 1. The normalized spacial score (nSPS) is 13.1. The van der Waals surface area contributed by atoms with Gasteiger partial charge in [-0.1, -0.05) is 23.2 Å². The molecule has 0 radical (unpaired) electrons. The van der Waals surface area contributed by atoms with Gasteiger partial charge in [0.15, 0.2) is 0 Å². The van der Waals surface area contributed by atoms with E-state index in [0.29, 0.717) is 51.7 Å². The number of amides is 2. The van der Waals surface area contributed by atoms with Gasteiger partial charge in [-0.15, -0.1) is 34.0 Å². The second-order valence-electron chi connectivity index (χ2n) is 10.7. The molecule has 2 aromatic carbocycles. The number of piperazine rings is 1. The second-order valence-corrected chi connectivity index (χ2v) is 11.5. The van der Waals surface area contributed by atoms with Crippen LogP contribution in [-0.4, -0.2) is 69.4 Å². The molecule has 2 amide bonds. The zero-order valence-corrected chi connectivity index (χ0v) is 30.0. The van der Waals surface area contributed by atoms with Crippen LogP contribution in [0.3, 0.4) is 0 Å². The number of halogens is 4. The Kier molecular flexibility index (Phi) is 11.8. The fourth-order valence-corrected chi connectivity index (χ4v) is 5.60. The number of carbonyl (C=O) groups excluding carboxylic acids is 2. The number of hydrogen-bond acceptors (Lipinski definition) is 6. The minimum Gasteiger partial charge on any atom is -0.439 e. The van der Waals surface area contributed by atoms with Gasteiger partial charge in [-0.2, -0.15) is 0 Å². The summed E-state index contributed by atoms with van der Waals surface area (Å²) in [6.45, 7) is 3.85. The average molecular weight is 791 g/mol. The van der Waals surface area contributed by atoms with Crippen LogP contribution < -0.4 is 9.64 Å². The molecule has 9 nitrogen and oxygen atoms in total. The molecule has 6 rings (SSSR count). The van der Waals surface area contributed by atoms with Crippen molar-refractivity contribution >= 4 is 85.6 Å². The molecule has 0 spiro atoms. The lowest BCUT2D eigenvalue weighted by molar-refractivity contribution is 0.0619. The minimum absolute atomic E-state index is 0. The fraction of sp³-hybridized carbons (Fsp3) is 0.212. The summed E-state index contributed by atoms with van der Waals surface area (Å²) in [4.78, 5) is 40.6. The van der Waals surface area contributed by atoms with Crippen LogP contribution in [0.1, 0.15) is 26.4 Å². The van der Waals surface area contributed by atoms with Gasteiger partial charge in [0, 0.05) is 81.7 Å². The number of hydrogen-bond donors (Lipinski definition) is 0. The maximum absolute atomic E-state index is 13.5. The lowest BCUT2D eigenvalue weighted by Gasteiger charge is -2.34. The molecule has 1 aliphatic rings. The summed E-state index contributed by atoms with van der Waals surface area (Å²) in [6.07, 6.45) is 5.18. The Morgan fingerprint density at radius 1 is 0.891 bits per heavy atom. The summed E-state index contributed by atoms with van der Waals surface area (Å²) >= 11 is 12.1. The summed E-state index contributed by atoms with van der Waals surface area (Å²) < 4.78 is 7.95. The maximum atomic E-state index is 13.5. The SMILES string of the molecule is Br.Br.CN(C(=O)c1ccc(Cl)c(Cl)c1)c1ccc(Oc2ccc3c(c2)cc(C(=O)N2CCN(Cc4ccncc4)CC2)n3C)nc1. The van der Waals surface area contributed by atoms with Crippen LogP contribution in [-0.2, 0) is 13.6 Å². The van der Waals surface area contributed by atoms with Gasteiger partial charge < -0.3 is 19.1 Å². The molecule has 0 aliphatic carbocycles. The molecule has 1 aliphatic heterocycles. The van der Waals surface area contributed by atoms with Crippen molar-refractivity contribution in [3.05, 3.63) is 112 Å². The first-order valence-corrected chi connectivity index (χ1v) is 14.9. The lowest BCUT2D eigenvalue weighted by atomic mass is 10.2. The second kappa shape index (κ2) is 15.4. The molecule has 0 atom stereocenters. The first kappa shape index (κ1) is 35.4. The molecule has 5 aromatic rings. The van der Waals surface area contributed by atoms with Crippen LogP contribution in [0.2, 0.25) is 10.0 Å². The highest BCUT2D eigenvalue weighted by molar-refractivity contribution is 8.93. The van der Waals surface area contributed by atoms with Crippen LogP contribution in [0.25, 0.3) is 10.9 Å². The molecule has 46 heavy (non-hydrogen) atoms. The van der Waals surface area contributed by atoms with Crippen molar-refractivity contribution in [3.63, 3.8) is 0 Å². The zero-order valence-electron chi connectivity index (χ0n) is 25.1. The van der Waals surface area contributed by atoms with Crippen molar-refractivity contribution in [1.29, 1.82) is 0 Å². The molecule has 3 aromatic heterocycles. The van der Waals surface area contributed by atoms with E-state index in [1.54, 1.807) is 37.5 Å². The predicted molar refractivity (Wildman–Crippen MR) is 192 cm³/mol. The monoisotopic (exact) mass is 788 g/mol. The summed E-state index contributed by atoms with van der Waals surface area (Å²) in [5, 5.41) is 1.60. The number of fused-ring (bicyclic) bond motifs is 1. The molecule has 1 fully saturated rings. The fourth-order valence-electron chi connectivity index (χ4n) is 5.31. The van der Waals surface area contributed by atoms with Crippen molar-refractivity contribution < 1.29 is 14.3 Å². The minimum atomic E-state index is -0.245. The Labute approximate surface area is 298 Å². The third kappa shape index (κ3) is 7.72. The Balaban J connectivity index is 0.00000240. The van der Waals surface area contributed by atoms with Crippen LogP contribution in [0.4, 0.5) is 5.69 Å². The Hall–Kier alpha value is -3.48. The highest BCUT2D eigenvalue weighted by atomic mass is 79.9. The number of pyridine rings is 2. The number of aromatic nitrogens is 3. The van der Waals surface area contributed by atoms with E-state index in [4.69, 9.17) is 27.9 Å². The predicted octanol–water partition coefficient (Wildman–Crippen LogP) is 7.46. The first-order chi connectivity index (χ1) is 21.3. The first-order valence-electron chi connectivity index (χ1n) is 14.1. The molecule has 13 heteroatoms. The van der Waals surface area contributed by atoms with Crippen LogP contribution in [0, 0.1) is 0 Å². The van der Waals surface area contributed by atoms with E-state index in [0.717, 1.165) is 30.5 Å². The van der Waals surface area contributed by atoms with Gasteiger partial charge in [0.2, 0.25) is 5.88 Å². The number of aryl methyl sites for hydroxylation is 1. The Bertz CT molecular complexity index is 1830. The van der Waals surface area contributed by atoms with E-state index in [1.807, 2.05) is 65.3 Å². The average Bonchev–Trinajstić information content (AvgIpc) is 3.37. The van der Waals surface area contributed by atoms with Gasteiger partial charge in [0.05, 0.1) is 21.9 Å². The summed E-state index contributed by atoms with van der Waals surface area (Å²) in [5.41, 5.74) is 3.80. The van der Waals surface area contributed by atoms with E-state index in [-0.39, 0.29) is 45.8 Å². The molecule has 240 valence electrons. The molecule has 0 N–H and O–H groups in total. The van der Waals surface area contributed by atoms with Gasteiger partial charge >= 0.3 is 0 Å². The van der Waals surface area contributed by atoms with Crippen molar-refractivity contribution in [2.24, 2.45) is 7.05 Å². The summed E-state index contributed by atoms with van der Waals surface area (Å²) in [6, 6.07) is 19.9. The highest BCUT2D eigenvalue weighted by Crippen LogP contribution is 2.29. The van der Waals surface area contributed by atoms with Gasteiger partial charge in [-0.3, -0.25) is 19.5 Å². The molecule has 0 saturated carbocycles. The van der Waals surface area contributed by atoms with E-state index >= 15 is 0 Å². The zero-order chi connectivity index (χ0) is 30.8. The number of nitrogens with zero attached hydrogens (tertiary/aromatic N) is 6. The highest BCUT2D eigenvalue weighted by Gasteiger charge is 2.25. The third-order valence-electron chi connectivity index (χ3n) is 7.85. The standard InChI is InChI=1S/C33H30Cl2N6O3.2BrH/c1-38(32(42)23-3-6-27(34)28(35)18-23)25-4-8-31(37-20-25)44-26-5-7-29-24(17-26)19-30(39(29)2)33(43)41-15-13-40(14-16-41)21-22-9-11-36-12-10-22;;/h3-12,17-20H,13-16,21H2,1-2H3;2*1H. The number of carbonyl (C=O) groups is 2. The molecule has 0 bridgehead atoms. The molecular weight excluding hydrogens is 759 g/mol. The third-order valence-corrected chi connectivity index (χ3v) is 8.59. The van der Waals surface area contributed by atoms with Gasteiger partial charge in [0.25, 0.3) is 11.8 Å². The van der Waals surface area contributed by atoms with Crippen molar-refractivity contribution in [1.82, 2.24) is 24.3 Å². The van der Waals surface area contributed by atoms with E-state index in [1.165, 1.54) is 16.5 Å². The van der Waals surface area contributed by atoms with Gasteiger partial charge in [-0.25, -0.2) is 4.98 Å². The Morgan fingerprint density at radius 3 is 2.30 bits per heavy atom. The summed E-state index contributed by atoms with van der Waals surface area (Å²) in [5.74, 6) is 0.741. The van der Waals surface area contributed by atoms with E-state index < -0.39 is 0 Å². The number of benzene rings is 2. The van der Waals surface area contributed by atoms with E-state index in [2.05, 4.69) is 14.9 Å². The van der Waals surface area contributed by atoms with Crippen LogP contribution in [0.5, 0.6) is 11.6 Å². The molecule has 1 saturated heterocycles. The maximum Gasteiger partial charge on any atom is 0.270 e. The smallest absolute Gasteiger partial charge is 0.270 e. The number of ether oxygens (including phenoxy) is 1. The molecular formula is C33H32Br2Cl2N6O3. The van der Waals surface area contributed by atoms with E-state index in [9.17, 15) is 9.59 Å². The summed E-state index contributed by atoms with van der Waals surface area (Å²) in [7, 11) is 3.57.